The molecule has 4 aromatic heterocycles. The van der Waals surface area contributed by atoms with Crippen molar-refractivity contribution in [3.8, 4) is 11.6 Å². The summed E-state index contributed by atoms with van der Waals surface area (Å²) < 4.78 is 14.1. The molecule has 1 saturated heterocycles. The summed E-state index contributed by atoms with van der Waals surface area (Å²) in [6.45, 7) is 8.46. The maximum absolute atomic E-state index is 14.4. The van der Waals surface area contributed by atoms with Gasteiger partial charge in [-0.2, -0.15) is 14.6 Å². The fourth-order valence-corrected chi connectivity index (χ4v) is 5.60. The number of anilines is 1. The highest BCUT2D eigenvalue weighted by Crippen LogP contribution is 2.35. The summed E-state index contributed by atoms with van der Waals surface area (Å²) in [7, 11) is 0. The second kappa shape index (κ2) is 10.3. The lowest BCUT2D eigenvalue weighted by Crippen LogP contribution is -2.46. The van der Waals surface area contributed by atoms with Gasteiger partial charge in [-0.1, -0.05) is 30.3 Å². The Labute approximate surface area is 242 Å². The van der Waals surface area contributed by atoms with Crippen molar-refractivity contribution in [2.24, 2.45) is 5.92 Å². The number of aromatic nitrogens is 6. The lowest BCUT2D eigenvalue weighted by molar-refractivity contribution is -0.126. The molecule has 1 amide bonds. The molecule has 0 aliphatic carbocycles. The summed E-state index contributed by atoms with van der Waals surface area (Å²) in [5.74, 6) is 0.888. The standard InChI is InChI=1S/C30H34N8O4/c1-29(2,3)42-28(40)36-14-8-10-19(18-36)16-23(39)30(4,20-11-6-5-7-12-20)38-26-21(17-32-38)25-33-24(22-13-9-15-41-22)35-37(25)27(31)34-26/h5-7,9,11-13,15,17,19H,8,10,14,16,18H2,1-4H3,(H2,31,34)/t19-,30?/m1/s1. The van der Waals surface area contributed by atoms with Crippen LogP contribution in [0.3, 0.4) is 0 Å². The van der Waals surface area contributed by atoms with Gasteiger partial charge in [0.1, 0.15) is 11.1 Å². The van der Waals surface area contributed by atoms with Gasteiger partial charge < -0.3 is 19.8 Å². The molecule has 2 N–H and O–H groups in total. The average Bonchev–Trinajstić information content (AvgIpc) is 3.72. The van der Waals surface area contributed by atoms with Crippen LogP contribution in [0.4, 0.5) is 10.7 Å². The number of hydrogen-bond donors (Lipinski definition) is 1. The number of ether oxygens (including phenoxy) is 1. The molecule has 6 rings (SSSR count). The quantitative estimate of drug-likeness (QED) is 0.307. The van der Waals surface area contributed by atoms with Crippen LogP contribution in [-0.4, -0.2) is 64.8 Å². The van der Waals surface area contributed by atoms with Gasteiger partial charge in [0.15, 0.2) is 22.8 Å². The van der Waals surface area contributed by atoms with E-state index >= 15 is 0 Å². The second-order valence-corrected chi connectivity index (χ2v) is 11.9. The number of benzene rings is 1. The van der Waals surface area contributed by atoms with E-state index in [1.165, 1.54) is 4.52 Å². The number of rotatable bonds is 6. The van der Waals surface area contributed by atoms with Crippen molar-refractivity contribution >= 4 is 34.5 Å². The van der Waals surface area contributed by atoms with Gasteiger partial charge in [0.05, 0.1) is 17.8 Å². The zero-order chi connectivity index (χ0) is 29.6. The number of likely N-dealkylation sites (tertiary alicyclic amines) is 1. The Morgan fingerprint density at radius 3 is 2.57 bits per heavy atom. The molecule has 2 atom stereocenters. The van der Waals surface area contributed by atoms with Gasteiger partial charge in [0.2, 0.25) is 11.8 Å². The van der Waals surface area contributed by atoms with Crippen molar-refractivity contribution in [1.29, 1.82) is 0 Å². The van der Waals surface area contributed by atoms with Gasteiger partial charge in [0.25, 0.3) is 0 Å². The Kier molecular flexibility index (Phi) is 6.71. The van der Waals surface area contributed by atoms with E-state index in [4.69, 9.17) is 20.0 Å². The van der Waals surface area contributed by atoms with Crippen molar-refractivity contribution in [2.45, 2.75) is 58.1 Å². The lowest BCUT2D eigenvalue weighted by Gasteiger charge is -2.36. The Hall–Kier alpha value is -4.74. The zero-order valence-corrected chi connectivity index (χ0v) is 24.1. The number of Topliss-reactive ketones (excluding diaryl/α,β-unsaturated/α-hetero) is 1. The fraction of sp³-hybridized carbons (Fsp3) is 0.400. The van der Waals surface area contributed by atoms with Crippen molar-refractivity contribution in [3.05, 3.63) is 60.5 Å². The van der Waals surface area contributed by atoms with E-state index in [-0.39, 0.29) is 30.2 Å². The summed E-state index contributed by atoms with van der Waals surface area (Å²) in [6.07, 6.45) is 4.71. The third-order valence-electron chi connectivity index (χ3n) is 7.72. The average molecular weight is 571 g/mol. The van der Waals surface area contributed by atoms with Crippen molar-refractivity contribution < 1.29 is 18.7 Å². The van der Waals surface area contributed by atoms with Crippen LogP contribution in [0.2, 0.25) is 0 Å². The number of carbonyl (C=O) groups is 2. The first-order valence-electron chi connectivity index (χ1n) is 14.1. The maximum Gasteiger partial charge on any atom is 0.410 e. The van der Waals surface area contributed by atoms with Crippen LogP contribution in [0.5, 0.6) is 0 Å². The first kappa shape index (κ1) is 27.4. The predicted molar refractivity (Wildman–Crippen MR) is 156 cm³/mol. The number of carbonyl (C=O) groups excluding carboxylic acids is 2. The van der Waals surface area contributed by atoms with Crippen molar-refractivity contribution in [1.82, 2.24) is 34.3 Å². The summed E-state index contributed by atoms with van der Waals surface area (Å²) >= 11 is 0. The number of nitrogens with zero attached hydrogens (tertiary/aromatic N) is 7. The summed E-state index contributed by atoms with van der Waals surface area (Å²) in [6, 6.07) is 13.0. The number of fused-ring (bicyclic) bond motifs is 3. The minimum Gasteiger partial charge on any atom is -0.461 e. The molecule has 1 fully saturated rings. The minimum atomic E-state index is -1.21. The van der Waals surface area contributed by atoms with Gasteiger partial charge in [-0.3, -0.25) is 4.79 Å². The number of ketones is 1. The van der Waals surface area contributed by atoms with Crippen molar-refractivity contribution in [2.75, 3.05) is 18.8 Å². The molecular formula is C30H34N8O4. The maximum atomic E-state index is 14.4. The molecule has 0 saturated carbocycles. The molecule has 12 heteroatoms. The Balaban J connectivity index is 1.38. The number of nitrogen functional groups attached to an aromatic ring is 1. The van der Waals surface area contributed by atoms with Gasteiger partial charge >= 0.3 is 6.09 Å². The lowest BCUT2D eigenvalue weighted by atomic mass is 9.81. The molecule has 1 aliphatic rings. The Morgan fingerprint density at radius 1 is 1.07 bits per heavy atom. The molecule has 1 unspecified atom stereocenters. The fourth-order valence-electron chi connectivity index (χ4n) is 5.60. The van der Waals surface area contributed by atoms with Crippen LogP contribution in [0.15, 0.2) is 59.3 Å². The number of piperidine rings is 1. The molecule has 218 valence electrons. The van der Waals surface area contributed by atoms with Crippen LogP contribution in [-0.2, 0) is 15.1 Å². The molecule has 0 bridgehead atoms. The summed E-state index contributed by atoms with van der Waals surface area (Å²) in [5.41, 5.74) is 6.19. The zero-order valence-electron chi connectivity index (χ0n) is 24.1. The Morgan fingerprint density at radius 2 is 1.86 bits per heavy atom. The SMILES string of the molecule is CC(C)(C)OC(=O)N1CCC[C@H](CC(=O)C(C)(c2ccccc2)n2ncc3c2nc(N)n2nc(-c4ccco4)nc32)C1. The van der Waals surface area contributed by atoms with E-state index in [0.717, 1.165) is 18.4 Å². The van der Waals surface area contributed by atoms with Crippen LogP contribution in [0.25, 0.3) is 28.3 Å². The van der Waals surface area contributed by atoms with E-state index in [1.54, 1.807) is 34.2 Å². The molecule has 5 aromatic rings. The van der Waals surface area contributed by atoms with Gasteiger partial charge in [-0.25, -0.2) is 14.5 Å². The van der Waals surface area contributed by atoms with Crippen LogP contribution in [0.1, 0.15) is 52.5 Å². The van der Waals surface area contributed by atoms with E-state index < -0.39 is 11.1 Å². The van der Waals surface area contributed by atoms with Crippen LogP contribution < -0.4 is 5.73 Å². The highest BCUT2D eigenvalue weighted by Gasteiger charge is 2.41. The second-order valence-electron chi connectivity index (χ2n) is 11.9. The molecule has 0 radical (unpaired) electrons. The summed E-state index contributed by atoms with van der Waals surface area (Å²) in [4.78, 5) is 38.2. The Bertz CT molecular complexity index is 1750. The van der Waals surface area contributed by atoms with E-state index in [0.29, 0.717) is 41.4 Å². The molecule has 5 heterocycles. The molecular weight excluding hydrogens is 536 g/mol. The van der Waals surface area contributed by atoms with Crippen molar-refractivity contribution in [3.63, 3.8) is 0 Å². The number of furan rings is 1. The van der Waals surface area contributed by atoms with Crippen LogP contribution in [0, 0.1) is 5.92 Å². The van der Waals surface area contributed by atoms with Gasteiger partial charge in [0, 0.05) is 19.5 Å². The third-order valence-corrected chi connectivity index (χ3v) is 7.72. The number of hydrogen-bond acceptors (Lipinski definition) is 9. The van der Waals surface area contributed by atoms with E-state index in [9.17, 15) is 9.59 Å². The normalized spacial score (nSPS) is 17.4. The van der Waals surface area contributed by atoms with Crippen LogP contribution >= 0.6 is 0 Å². The van der Waals surface area contributed by atoms with Gasteiger partial charge in [-0.05, 0) is 64.2 Å². The summed E-state index contributed by atoms with van der Waals surface area (Å²) in [5, 5.41) is 9.76. The molecule has 0 spiro atoms. The van der Waals surface area contributed by atoms with E-state index in [1.807, 2.05) is 58.0 Å². The molecule has 1 aliphatic heterocycles. The predicted octanol–water partition coefficient (Wildman–Crippen LogP) is 4.69. The third kappa shape index (κ3) is 4.86. The number of nitrogens with two attached hydrogens (primary N) is 1. The molecule has 42 heavy (non-hydrogen) atoms. The first-order chi connectivity index (χ1) is 20.0. The minimum absolute atomic E-state index is 0.0271. The van der Waals surface area contributed by atoms with Gasteiger partial charge in [-0.15, -0.1) is 5.10 Å². The largest absolute Gasteiger partial charge is 0.461 e. The topological polar surface area (TPSA) is 147 Å². The number of amides is 1. The molecule has 12 nitrogen and oxygen atoms in total. The first-order valence-corrected chi connectivity index (χ1v) is 14.1. The molecule has 1 aromatic carbocycles. The van der Waals surface area contributed by atoms with E-state index in [2.05, 4.69) is 15.1 Å². The monoisotopic (exact) mass is 570 g/mol. The smallest absolute Gasteiger partial charge is 0.410 e. The highest BCUT2D eigenvalue weighted by atomic mass is 16.6. The highest BCUT2D eigenvalue weighted by molar-refractivity contribution is 5.95.